The minimum absolute atomic E-state index is 0.0210. The Kier molecular flexibility index (Phi) is 17.9. The predicted octanol–water partition coefficient (Wildman–Crippen LogP) is 9.16. The van der Waals surface area contributed by atoms with Crippen molar-refractivity contribution in [3.05, 3.63) is 24.3 Å². The summed E-state index contributed by atoms with van der Waals surface area (Å²) >= 11 is 0. The van der Waals surface area contributed by atoms with Gasteiger partial charge in [-0.2, -0.15) is 0 Å². The van der Waals surface area contributed by atoms with Crippen molar-refractivity contribution in [3.63, 3.8) is 0 Å². The first kappa shape index (κ1) is 47.0. The van der Waals surface area contributed by atoms with Gasteiger partial charge in [-0.15, -0.1) is 0 Å². The standard InChI is InChI=1S/C46H70O12/c1-8-10-12-14-40(48)53-28-35(29-54-41(49)15-13-11-9-2)57-43(51)26-30(3)16-21-42(50)55-32(5)56-44(52)58-34-22-24-45(6)33(27-34)17-18-36-38-20-19-37(31(4)47)46(38,7)25-23-39(36)45/h10-13,30,32-39H,8-9,14-29H2,1-7H3/b12-10-,13-11-/t30?,32?,33-,34+,36-,37+,38-,39-,45-,46+/m0/s1. The Morgan fingerprint density at radius 3 is 1.93 bits per heavy atom. The smallest absolute Gasteiger partial charge is 0.461 e. The van der Waals surface area contributed by atoms with Crippen LogP contribution < -0.4 is 0 Å². The molecule has 0 bridgehead atoms. The Morgan fingerprint density at radius 2 is 1.31 bits per heavy atom. The largest absolute Gasteiger partial charge is 0.511 e. The number of esters is 4. The number of hydrogen-bond donors (Lipinski definition) is 0. The summed E-state index contributed by atoms with van der Waals surface area (Å²) in [5.74, 6) is 0.486. The predicted molar refractivity (Wildman–Crippen MR) is 216 cm³/mol. The zero-order valence-corrected chi connectivity index (χ0v) is 36.1. The van der Waals surface area contributed by atoms with Gasteiger partial charge in [0.15, 0.2) is 6.10 Å². The molecular weight excluding hydrogens is 744 g/mol. The molecule has 326 valence electrons. The van der Waals surface area contributed by atoms with Crippen LogP contribution in [0.25, 0.3) is 0 Å². The lowest BCUT2D eigenvalue weighted by Gasteiger charge is -2.61. The Morgan fingerprint density at radius 1 is 0.690 bits per heavy atom. The van der Waals surface area contributed by atoms with E-state index in [1.165, 1.54) is 19.8 Å². The highest BCUT2D eigenvalue weighted by molar-refractivity contribution is 5.79. The van der Waals surface area contributed by atoms with Gasteiger partial charge < -0.3 is 28.4 Å². The summed E-state index contributed by atoms with van der Waals surface area (Å²) in [4.78, 5) is 75.0. The summed E-state index contributed by atoms with van der Waals surface area (Å²) in [5, 5.41) is 0. The van der Waals surface area contributed by atoms with E-state index in [4.69, 9.17) is 28.4 Å². The maximum absolute atomic E-state index is 12.8. The van der Waals surface area contributed by atoms with Crippen LogP contribution in [0.3, 0.4) is 0 Å². The molecule has 0 spiro atoms. The van der Waals surface area contributed by atoms with Gasteiger partial charge in [0, 0.05) is 25.7 Å². The van der Waals surface area contributed by atoms with Gasteiger partial charge in [-0.25, -0.2) is 4.79 Å². The highest BCUT2D eigenvalue weighted by Gasteiger charge is 2.61. The van der Waals surface area contributed by atoms with Crippen LogP contribution in [0.1, 0.15) is 151 Å². The quantitative estimate of drug-likeness (QED) is 0.0498. The molecule has 0 aromatic carbocycles. The lowest BCUT2D eigenvalue weighted by molar-refractivity contribution is -0.172. The van der Waals surface area contributed by atoms with E-state index >= 15 is 0 Å². The molecule has 4 saturated carbocycles. The van der Waals surface area contributed by atoms with E-state index in [-0.39, 0.29) is 67.7 Å². The van der Waals surface area contributed by atoms with Crippen molar-refractivity contribution in [3.8, 4) is 0 Å². The molecule has 12 heteroatoms. The van der Waals surface area contributed by atoms with E-state index in [9.17, 15) is 28.8 Å². The zero-order valence-electron chi connectivity index (χ0n) is 36.1. The van der Waals surface area contributed by atoms with Crippen LogP contribution in [0.15, 0.2) is 24.3 Å². The molecule has 4 aliphatic carbocycles. The van der Waals surface area contributed by atoms with Crippen LogP contribution in [0.5, 0.6) is 0 Å². The maximum Gasteiger partial charge on any atom is 0.511 e. The molecule has 4 fully saturated rings. The van der Waals surface area contributed by atoms with Crippen LogP contribution >= 0.6 is 0 Å². The molecule has 0 amide bonds. The average Bonchev–Trinajstić information content (AvgIpc) is 3.53. The van der Waals surface area contributed by atoms with Crippen LogP contribution in [0.2, 0.25) is 0 Å². The fraction of sp³-hybridized carbons (Fsp3) is 0.783. The highest BCUT2D eigenvalue weighted by atomic mass is 16.8. The summed E-state index contributed by atoms with van der Waals surface area (Å²) in [6.07, 6.45) is 15.1. The summed E-state index contributed by atoms with van der Waals surface area (Å²) in [6, 6.07) is 0. The first-order valence-corrected chi connectivity index (χ1v) is 22.0. The van der Waals surface area contributed by atoms with Crippen molar-refractivity contribution in [2.24, 2.45) is 46.3 Å². The van der Waals surface area contributed by atoms with Gasteiger partial charge in [0.05, 0.1) is 12.8 Å². The third-order valence-electron chi connectivity index (χ3n) is 13.8. The van der Waals surface area contributed by atoms with Crippen molar-refractivity contribution in [1.82, 2.24) is 0 Å². The maximum atomic E-state index is 12.8. The van der Waals surface area contributed by atoms with Gasteiger partial charge >= 0.3 is 30.0 Å². The number of carbonyl (C=O) groups is 6. The van der Waals surface area contributed by atoms with Gasteiger partial charge in [0.25, 0.3) is 0 Å². The molecule has 58 heavy (non-hydrogen) atoms. The van der Waals surface area contributed by atoms with E-state index in [1.807, 2.05) is 26.0 Å². The number of hydrogen-bond acceptors (Lipinski definition) is 12. The second-order valence-electron chi connectivity index (χ2n) is 17.9. The number of rotatable bonds is 20. The third kappa shape index (κ3) is 12.9. The lowest BCUT2D eigenvalue weighted by atomic mass is 9.44. The van der Waals surface area contributed by atoms with E-state index in [0.717, 1.165) is 57.8 Å². The summed E-state index contributed by atoms with van der Waals surface area (Å²) in [5.41, 5.74) is 0.329. The fourth-order valence-electron chi connectivity index (χ4n) is 10.8. The van der Waals surface area contributed by atoms with Gasteiger partial charge in [-0.05, 0) is 124 Å². The summed E-state index contributed by atoms with van der Waals surface area (Å²) in [6.45, 7) is 13.2. The van der Waals surface area contributed by atoms with Crippen molar-refractivity contribution in [2.45, 2.75) is 170 Å². The van der Waals surface area contributed by atoms with Crippen LogP contribution in [0.4, 0.5) is 4.79 Å². The highest BCUT2D eigenvalue weighted by Crippen LogP contribution is 2.67. The number of Topliss-reactive ketones (excluding diaryl/α,β-unsaturated/α-hetero) is 1. The van der Waals surface area contributed by atoms with Gasteiger partial charge in [-0.1, -0.05) is 58.9 Å². The number of allylic oxidation sites excluding steroid dienone is 2. The summed E-state index contributed by atoms with van der Waals surface area (Å²) < 4.78 is 32.4. The molecule has 4 rings (SSSR count). The molecular formula is C46H70O12. The van der Waals surface area contributed by atoms with Crippen molar-refractivity contribution in [1.29, 1.82) is 0 Å². The second kappa shape index (κ2) is 22.1. The van der Waals surface area contributed by atoms with E-state index < -0.39 is 42.4 Å². The van der Waals surface area contributed by atoms with Crippen molar-refractivity contribution < 1.29 is 57.2 Å². The summed E-state index contributed by atoms with van der Waals surface area (Å²) in [7, 11) is 0. The molecule has 4 aliphatic rings. The van der Waals surface area contributed by atoms with Gasteiger partial charge in [-0.3, -0.25) is 24.0 Å². The molecule has 0 N–H and O–H groups in total. The Bertz CT molecular complexity index is 1450. The Hall–Kier alpha value is -3.70. The topological polar surface area (TPSA) is 158 Å². The number of ketones is 1. The van der Waals surface area contributed by atoms with Crippen LogP contribution in [-0.4, -0.2) is 67.5 Å². The minimum Gasteiger partial charge on any atom is -0.461 e. The molecule has 2 unspecified atom stereocenters. The minimum atomic E-state index is -1.15. The number of fused-ring (bicyclic) bond motifs is 5. The van der Waals surface area contributed by atoms with Gasteiger partial charge in [0.2, 0.25) is 6.29 Å². The normalized spacial score (nSPS) is 30.1. The van der Waals surface area contributed by atoms with E-state index in [0.29, 0.717) is 35.9 Å². The number of carbonyl (C=O) groups excluding carboxylic acids is 6. The van der Waals surface area contributed by atoms with Crippen LogP contribution in [-0.2, 0) is 52.4 Å². The van der Waals surface area contributed by atoms with Crippen LogP contribution in [0, 0.1) is 46.3 Å². The Labute approximate surface area is 345 Å². The monoisotopic (exact) mass is 814 g/mol. The number of ether oxygens (including phenoxy) is 6. The zero-order chi connectivity index (χ0) is 42.5. The molecule has 0 radical (unpaired) electrons. The van der Waals surface area contributed by atoms with E-state index in [1.54, 1.807) is 26.0 Å². The fourth-order valence-corrected chi connectivity index (χ4v) is 10.8. The molecule has 0 heterocycles. The molecule has 0 aromatic rings. The first-order chi connectivity index (χ1) is 27.6. The first-order valence-electron chi connectivity index (χ1n) is 22.0. The van der Waals surface area contributed by atoms with Crippen molar-refractivity contribution >= 4 is 35.8 Å². The third-order valence-corrected chi connectivity index (χ3v) is 13.8. The lowest BCUT2D eigenvalue weighted by Crippen LogP contribution is -2.54. The molecule has 10 atom stereocenters. The molecule has 0 aromatic heterocycles. The SMILES string of the molecule is CC/C=C\CC(=O)OCC(COC(=O)C/C=C\CC)OC(=O)CC(C)CCC(=O)OC(C)OC(=O)O[C@@H]1CC[C@@]2(C)[C@@H](CC[C@@H]3[C@@H]2CC[C@]2(C)[C@@H](C(C)=O)CC[C@@H]32)C1. The van der Waals surface area contributed by atoms with Gasteiger partial charge in [0.1, 0.15) is 25.1 Å². The van der Waals surface area contributed by atoms with E-state index in [2.05, 4.69) is 13.8 Å². The Balaban J connectivity index is 1.16. The average molecular weight is 815 g/mol. The molecule has 0 aliphatic heterocycles. The molecule has 12 nitrogen and oxygen atoms in total. The second-order valence-corrected chi connectivity index (χ2v) is 17.9. The molecule has 0 saturated heterocycles. The van der Waals surface area contributed by atoms with Crippen molar-refractivity contribution in [2.75, 3.05) is 13.2 Å².